The van der Waals surface area contributed by atoms with Gasteiger partial charge in [-0.3, -0.25) is 19.2 Å². The summed E-state index contributed by atoms with van der Waals surface area (Å²) >= 11 is 79.8. The van der Waals surface area contributed by atoms with Crippen LogP contribution in [-0.2, 0) is 23.9 Å². The number of carboxylic acid groups (broad SMARTS) is 2. The molecule has 0 aliphatic heterocycles. The number of fused-ring (bicyclic) bond motifs is 10. The average molecular weight is 868 g/mol. The lowest BCUT2D eigenvalue weighted by molar-refractivity contribution is -0.176. The second kappa shape index (κ2) is 10.8. The molecule has 2 N–H and O–H groups in total. The zero-order valence-electron chi connectivity index (χ0n) is 21.9. The van der Waals surface area contributed by atoms with Crippen LogP contribution >= 0.6 is 139 Å². The summed E-state index contributed by atoms with van der Waals surface area (Å²) in [6, 6.07) is 0. The predicted octanol–water partition coefficient (Wildman–Crippen LogP) is 8.43. The molecule has 0 heterocycles. The van der Waals surface area contributed by atoms with Crippen molar-refractivity contribution < 1.29 is 34.1 Å². The Balaban J connectivity index is 1.29. The normalized spacial score (nSPS) is 48.7. The highest BCUT2D eigenvalue weighted by Crippen LogP contribution is 2.80. The molecule has 7 nitrogen and oxygen atoms in total. The number of rotatable bonds is 4. The Morgan fingerprint density at radius 3 is 0.933 bits per heavy atom. The Bertz CT molecular complexity index is 1420. The third kappa shape index (κ3) is 3.97. The lowest BCUT2D eigenvalue weighted by Crippen LogP contribution is -2.50. The summed E-state index contributed by atoms with van der Waals surface area (Å²) in [5.41, 5.74) is 0. The van der Waals surface area contributed by atoms with Gasteiger partial charge >= 0.3 is 23.9 Å². The smallest absolute Gasteiger partial charge is 0.317 e. The van der Waals surface area contributed by atoms with Crippen LogP contribution in [0.4, 0.5) is 0 Å². The van der Waals surface area contributed by atoms with Crippen LogP contribution in [0.1, 0.15) is 25.7 Å². The van der Waals surface area contributed by atoms with Gasteiger partial charge in [-0.1, -0.05) is 92.8 Å². The summed E-state index contributed by atoms with van der Waals surface area (Å²) in [4.78, 5) is 44.9. The molecule has 6 aliphatic rings. The van der Waals surface area contributed by atoms with Gasteiger partial charge in [0.2, 0.25) is 0 Å². The van der Waals surface area contributed by atoms with Crippen LogP contribution in [0.3, 0.4) is 0 Å². The van der Waals surface area contributed by atoms with E-state index in [0.29, 0.717) is 0 Å². The van der Waals surface area contributed by atoms with Crippen molar-refractivity contribution in [3.8, 4) is 0 Å². The number of allylic oxidation sites excluding steroid dienone is 4. The summed E-state index contributed by atoms with van der Waals surface area (Å²) < 4.78 is 1.28. The van der Waals surface area contributed by atoms with E-state index >= 15 is 0 Å². The molecule has 4 saturated carbocycles. The maximum absolute atomic E-state index is 13.6. The van der Waals surface area contributed by atoms with Crippen LogP contribution in [0, 0.1) is 47.3 Å². The molecule has 248 valence electrons. The highest BCUT2D eigenvalue weighted by Gasteiger charge is 2.84. The van der Waals surface area contributed by atoms with Crippen LogP contribution < -0.4 is 0 Å². The van der Waals surface area contributed by atoms with Crippen molar-refractivity contribution in [2.75, 3.05) is 0 Å². The van der Waals surface area contributed by atoms with Crippen LogP contribution in [0.5, 0.6) is 0 Å². The fourth-order valence-electron chi connectivity index (χ4n) is 8.79. The molecule has 0 aromatic heterocycles. The molecule has 12 atom stereocenters. The zero-order chi connectivity index (χ0) is 33.8. The van der Waals surface area contributed by atoms with Crippen molar-refractivity contribution in [3.05, 3.63) is 20.1 Å². The molecular formula is C26H18Cl12O7. The van der Waals surface area contributed by atoms with Gasteiger partial charge < -0.3 is 14.9 Å². The van der Waals surface area contributed by atoms with E-state index in [1.165, 1.54) is 0 Å². The largest absolute Gasteiger partial charge is 0.481 e. The minimum absolute atomic E-state index is 0.117. The van der Waals surface area contributed by atoms with E-state index in [2.05, 4.69) is 0 Å². The average Bonchev–Trinajstić information content (AvgIpc) is 3.29. The lowest BCUT2D eigenvalue weighted by atomic mass is 9.64. The first-order chi connectivity index (χ1) is 20.5. The van der Waals surface area contributed by atoms with Gasteiger partial charge in [-0.15, -0.1) is 46.4 Å². The molecule has 0 saturated heterocycles. The standard InChI is InChI=1S/C26H18Cl12O7/c27-13-15(29)23(33)11-3-7(5(17(39)40)1-9(11)21(13,31)25(23,35)36)19(43)45-20(44)8-4-12-10(2-6(8)18(41)42)22(32)14(28)16(30)24(12,34)26(22,37)38/h5-12H,1-4H2,(H,39,40)(H,41,42). The number of hydrogen-bond donors (Lipinski definition) is 2. The van der Waals surface area contributed by atoms with E-state index in [0.717, 1.165) is 0 Å². The Hall–Kier alpha value is 1.04. The second-order valence-corrected chi connectivity index (χ2v) is 19.0. The second-order valence-electron chi connectivity index (χ2n) is 12.5. The fraction of sp³-hybridized carbons (Fsp3) is 0.692. The van der Waals surface area contributed by atoms with Gasteiger partial charge in [0.1, 0.15) is 19.5 Å². The number of esters is 2. The van der Waals surface area contributed by atoms with Crippen LogP contribution in [0.2, 0.25) is 0 Å². The minimum Gasteiger partial charge on any atom is -0.481 e. The number of carbonyl (C=O) groups excluding carboxylic acids is 2. The number of carboxylic acids is 2. The number of carbonyl (C=O) groups is 4. The quantitative estimate of drug-likeness (QED) is 0.166. The first-order valence-corrected chi connectivity index (χ1v) is 17.9. The Morgan fingerprint density at radius 2 is 0.711 bits per heavy atom. The molecule has 0 amide bonds. The molecule has 4 bridgehead atoms. The van der Waals surface area contributed by atoms with Crippen molar-refractivity contribution in [3.63, 3.8) is 0 Å². The number of alkyl halides is 8. The van der Waals surface area contributed by atoms with E-state index in [1.54, 1.807) is 0 Å². The van der Waals surface area contributed by atoms with Crippen molar-refractivity contribution in [2.45, 2.75) is 53.8 Å². The summed E-state index contributed by atoms with van der Waals surface area (Å²) in [7, 11) is 0. The fourth-order valence-corrected chi connectivity index (χ4v) is 15.0. The van der Waals surface area contributed by atoms with Gasteiger partial charge in [0, 0.05) is 0 Å². The number of halogens is 12. The molecule has 12 unspecified atom stereocenters. The van der Waals surface area contributed by atoms with Crippen molar-refractivity contribution >= 4 is 163 Å². The third-order valence-electron chi connectivity index (χ3n) is 11.0. The van der Waals surface area contributed by atoms with Crippen LogP contribution in [0.15, 0.2) is 20.1 Å². The number of ether oxygens (including phenoxy) is 1. The SMILES string of the molecule is O=C(O)C1CC2C(CC1C(=O)OC(=O)C1CC3C(CC1C(=O)O)C1(Cl)C(Cl)=C(Cl)C3(Cl)C1(Cl)Cl)C1(Cl)C(Cl)=C(Cl)C2(Cl)C1(Cl)Cl. The maximum atomic E-state index is 13.6. The first-order valence-electron chi connectivity index (χ1n) is 13.3. The van der Waals surface area contributed by atoms with E-state index in [-0.39, 0.29) is 45.8 Å². The molecule has 4 fully saturated rings. The van der Waals surface area contributed by atoms with E-state index in [1.807, 2.05) is 0 Å². The van der Waals surface area contributed by atoms with Gasteiger partial charge in [0.25, 0.3) is 0 Å². The van der Waals surface area contributed by atoms with Crippen LogP contribution in [-0.4, -0.2) is 62.3 Å². The molecular weight excluding hydrogens is 850 g/mol. The molecule has 0 aromatic rings. The summed E-state index contributed by atoms with van der Waals surface area (Å²) in [5.74, 6) is -14.3. The van der Waals surface area contributed by atoms with Gasteiger partial charge in [-0.25, -0.2) is 0 Å². The van der Waals surface area contributed by atoms with Crippen molar-refractivity contribution in [1.29, 1.82) is 0 Å². The van der Waals surface area contributed by atoms with E-state index in [9.17, 15) is 29.4 Å². The van der Waals surface area contributed by atoms with Gasteiger partial charge in [0.15, 0.2) is 8.67 Å². The molecule has 6 aliphatic carbocycles. The Kier molecular flexibility index (Phi) is 8.58. The topological polar surface area (TPSA) is 118 Å². The lowest BCUT2D eigenvalue weighted by Gasteiger charge is -2.45. The molecule has 45 heavy (non-hydrogen) atoms. The van der Waals surface area contributed by atoms with Gasteiger partial charge in [-0.2, -0.15) is 0 Å². The highest BCUT2D eigenvalue weighted by molar-refractivity contribution is 6.66. The zero-order valence-corrected chi connectivity index (χ0v) is 31.0. The summed E-state index contributed by atoms with van der Waals surface area (Å²) in [6.45, 7) is 0. The molecule has 6 rings (SSSR count). The van der Waals surface area contributed by atoms with E-state index < -0.39 is 99.4 Å². The van der Waals surface area contributed by atoms with Crippen LogP contribution in [0.25, 0.3) is 0 Å². The molecule has 19 heteroatoms. The number of aliphatic carboxylic acids is 2. The van der Waals surface area contributed by atoms with Crippen molar-refractivity contribution in [1.82, 2.24) is 0 Å². The monoisotopic (exact) mass is 862 g/mol. The summed E-state index contributed by atoms with van der Waals surface area (Å²) in [6.07, 6.45) is -1.09. The molecule has 0 aromatic carbocycles. The van der Waals surface area contributed by atoms with Crippen molar-refractivity contribution in [2.24, 2.45) is 47.3 Å². The number of hydrogen-bond acceptors (Lipinski definition) is 5. The summed E-state index contributed by atoms with van der Waals surface area (Å²) in [5, 5.41) is 19.7. The maximum Gasteiger partial charge on any atom is 0.317 e. The molecule has 0 spiro atoms. The van der Waals surface area contributed by atoms with E-state index in [4.69, 9.17) is 144 Å². The molecule has 0 radical (unpaired) electrons. The Morgan fingerprint density at radius 1 is 0.489 bits per heavy atom. The first kappa shape index (κ1) is 35.9. The predicted molar refractivity (Wildman–Crippen MR) is 173 cm³/mol. The highest BCUT2D eigenvalue weighted by atomic mass is 35.5. The van der Waals surface area contributed by atoms with Gasteiger partial charge in [0.05, 0.1) is 43.8 Å². The Labute approximate surface area is 315 Å². The van der Waals surface area contributed by atoms with Gasteiger partial charge in [-0.05, 0) is 49.4 Å². The third-order valence-corrected chi connectivity index (χ3v) is 19.6. The minimum atomic E-state index is -1.98.